The Kier molecular flexibility index (Phi) is 162. The van der Waals surface area contributed by atoms with Crippen molar-refractivity contribution >= 4 is 72.2 Å². The standard InChI is InChI=1S/AsH3.H2S.H2Se.H2Te/h1H3;3*1H2. The molecular formula is H9AsSSeTe. The van der Waals surface area contributed by atoms with Crippen molar-refractivity contribution in [2.24, 2.45) is 0 Å². The number of rotatable bonds is 0. The van der Waals surface area contributed by atoms with Crippen LogP contribution in [0.2, 0.25) is 0 Å². The number of hydrogen-bond donors (Lipinski definition) is 0. The Morgan fingerprint density at radius 3 is 1.00 bits per heavy atom. The van der Waals surface area contributed by atoms with Gasteiger partial charge in [0.25, 0.3) is 0 Å². The van der Waals surface area contributed by atoms with Gasteiger partial charge in [-0.05, 0) is 0 Å². The molecule has 0 fully saturated rings. The quantitative estimate of drug-likeness (QED) is 0.420. The van der Waals surface area contributed by atoms with Gasteiger partial charge in [0.05, 0.1) is 0 Å². The Labute approximate surface area is 71.4 Å². The monoisotopic (exact) mass is 326 g/mol. The predicted octanol–water partition coefficient (Wildman–Crippen LogP) is -2.90. The van der Waals surface area contributed by atoms with Gasteiger partial charge in [-0.3, -0.25) is 0 Å². The zero-order chi connectivity index (χ0) is 0. The minimum absolute atomic E-state index is 0. The summed E-state index contributed by atoms with van der Waals surface area (Å²) < 4.78 is 0. The van der Waals surface area contributed by atoms with Crippen LogP contribution < -0.4 is 0 Å². The predicted molar refractivity (Wildman–Crippen MR) is 37.4 cm³/mol. The molecule has 1 atom stereocenters. The van der Waals surface area contributed by atoms with E-state index in [1.54, 1.807) is 0 Å². The van der Waals surface area contributed by atoms with E-state index in [0.717, 1.165) is 0 Å². The average molecular weight is 323 g/mol. The van der Waals surface area contributed by atoms with Crippen molar-refractivity contribution in [1.29, 1.82) is 0 Å². The van der Waals surface area contributed by atoms with Crippen molar-refractivity contribution < 1.29 is 0 Å². The zero-order valence-corrected chi connectivity index (χ0v) is 11.1. The summed E-state index contributed by atoms with van der Waals surface area (Å²) in [6, 6.07) is 0. The molecule has 0 aromatic carbocycles. The maximum atomic E-state index is 0. The van der Waals surface area contributed by atoms with E-state index in [0.29, 0.717) is 0 Å². The van der Waals surface area contributed by atoms with E-state index in [9.17, 15) is 0 Å². The second-order valence-corrected chi connectivity index (χ2v) is 0. The van der Waals surface area contributed by atoms with E-state index >= 15 is 0 Å². The van der Waals surface area contributed by atoms with Crippen LogP contribution in [-0.4, -0.2) is 58.7 Å². The second kappa shape index (κ2) is 18.9. The van der Waals surface area contributed by atoms with Gasteiger partial charge in [0, 0.05) is 0 Å². The van der Waals surface area contributed by atoms with Crippen LogP contribution in [0.4, 0.5) is 0 Å². The SMILES string of the molecule is S.[AsH3].[SeH2].[TeH2]. The summed E-state index contributed by atoms with van der Waals surface area (Å²) in [5.74, 6) is 0. The molecule has 0 heterocycles. The normalized spacial score (nSPS) is 0. The molecule has 0 aromatic heterocycles. The zero-order valence-electron chi connectivity index (χ0n) is 2.21. The van der Waals surface area contributed by atoms with Gasteiger partial charge in [-0.1, -0.05) is 0 Å². The molecule has 4 heavy (non-hydrogen) atoms. The van der Waals surface area contributed by atoms with Gasteiger partial charge in [0.15, 0.2) is 0 Å². The van der Waals surface area contributed by atoms with Crippen LogP contribution in [-0.2, 0) is 0 Å². The summed E-state index contributed by atoms with van der Waals surface area (Å²) in [5.41, 5.74) is 0. The van der Waals surface area contributed by atoms with E-state index in [2.05, 4.69) is 0 Å². The maximum absolute atomic E-state index is 0. The molecular weight excluding hydrogens is 314 g/mol. The Hall–Kier alpha value is 2.22. The van der Waals surface area contributed by atoms with E-state index in [1.165, 1.54) is 0 Å². The molecule has 0 spiro atoms. The van der Waals surface area contributed by atoms with Gasteiger partial charge in [0.1, 0.15) is 0 Å². The van der Waals surface area contributed by atoms with Gasteiger partial charge in [-0.2, -0.15) is 13.5 Å². The van der Waals surface area contributed by atoms with Crippen LogP contribution in [0, 0.1) is 0 Å². The van der Waals surface area contributed by atoms with Crippen LogP contribution in [0.15, 0.2) is 0 Å². The van der Waals surface area contributed by atoms with E-state index < -0.39 is 0 Å². The van der Waals surface area contributed by atoms with Gasteiger partial charge in [0.2, 0.25) is 0 Å². The fourth-order valence-electron chi connectivity index (χ4n) is 0. The Bertz CT molecular complexity index is 8.00. The Morgan fingerprint density at radius 1 is 1.00 bits per heavy atom. The van der Waals surface area contributed by atoms with E-state index in [-0.39, 0.29) is 72.2 Å². The topological polar surface area (TPSA) is 0 Å². The van der Waals surface area contributed by atoms with Crippen LogP contribution in [0.25, 0.3) is 0 Å². The number of hydrogen-bond acceptors (Lipinski definition) is 0. The Balaban J connectivity index is 0. The summed E-state index contributed by atoms with van der Waals surface area (Å²) in [7, 11) is 0. The first-order valence-corrected chi connectivity index (χ1v) is 0. The molecule has 0 radical (unpaired) electrons. The average Bonchev–Trinajstić information content (AvgIpc) is 0. The molecule has 0 aliphatic carbocycles. The van der Waals surface area contributed by atoms with Crippen molar-refractivity contribution in [1.82, 2.24) is 0 Å². The van der Waals surface area contributed by atoms with Crippen molar-refractivity contribution in [3.8, 4) is 0 Å². The third-order valence-corrected chi connectivity index (χ3v) is 0. The van der Waals surface area contributed by atoms with Crippen molar-refractivity contribution in [3.63, 3.8) is 0 Å². The van der Waals surface area contributed by atoms with Gasteiger partial charge < -0.3 is 0 Å². The van der Waals surface area contributed by atoms with Crippen LogP contribution in [0.5, 0.6) is 0 Å². The van der Waals surface area contributed by atoms with Crippen molar-refractivity contribution in [3.05, 3.63) is 0 Å². The summed E-state index contributed by atoms with van der Waals surface area (Å²) in [6.07, 6.45) is 0. The van der Waals surface area contributed by atoms with Gasteiger partial charge in [-0.25, -0.2) is 0 Å². The van der Waals surface area contributed by atoms with Gasteiger partial charge in [-0.15, -0.1) is 0 Å². The minimum atomic E-state index is 0. The molecule has 0 bridgehead atoms. The molecule has 1 unspecified atom stereocenters. The summed E-state index contributed by atoms with van der Waals surface area (Å²) >= 11 is 0. The van der Waals surface area contributed by atoms with Crippen LogP contribution in [0.3, 0.4) is 0 Å². The van der Waals surface area contributed by atoms with Crippen LogP contribution >= 0.6 is 13.5 Å². The molecule has 0 amide bonds. The van der Waals surface area contributed by atoms with Gasteiger partial charge >= 0.3 is 58.7 Å². The fraction of sp³-hybridized carbons (Fsp3) is 0. The Morgan fingerprint density at radius 2 is 1.00 bits per heavy atom. The molecule has 0 aromatic rings. The first kappa shape index (κ1) is 34.4. The van der Waals surface area contributed by atoms with E-state index in [1.807, 2.05) is 0 Å². The van der Waals surface area contributed by atoms with Crippen molar-refractivity contribution in [2.75, 3.05) is 0 Å². The van der Waals surface area contributed by atoms with Crippen LogP contribution in [0.1, 0.15) is 0 Å². The van der Waals surface area contributed by atoms with Crippen molar-refractivity contribution in [2.45, 2.75) is 0 Å². The van der Waals surface area contributed by atoms with E-state index in [4.69, 9.17) is 0 Å². The molecule has 0 aliphatic rings. The molecule has 32 valence electrons. The molecule has 0 nitrogen and oxygen atoms in total. The summed E-state index contributed by atoms with van der Waals surface area (Å²) in [6.45, 7) is 0. The molecule has 0 aliphatic heterocycles. The molecule has 0 N–H and O–H groups in total. The first-order valence-electron chi connectivity index (χ1n) is 0. The summed E-state index contributed by atoms with van der Waals surface area (Å²) in [5, 5.41) is 0. The molecule has 0 saturated carbocycles. The molecule has 0 saturated heterocycles. The molecule has 4 heteroatoms. The second-order valence-electron chi connectivity index (χ2n) is 0. The first-order chi connectivity index (χ1) is 0. The third-order valence-electron chi connectivity index (χ3n) is 0. The molecule has 0 rings (SSSR count). The fourth-order valence-corrected chi connectivity index (χ4v) is 0. The third kappa shape index (κ3) is 8.88. The summed E-state index contributed by atoms with van der Waals surface area (Å²) in [4.78, 5) is 0.